The van der Waals surface area contributed by atoms with Crippen molar-refractivity contribution in [3.8, 4) is 33.4 Å². The van der Waals surface area contributed by atoms with Gasteiger partial charge in [-0.2, -0.15) is 0 Å². The molecule has 0 bridgehead atoms. The molecule has 0 atom stereocenters. The first-order valence-electron chi connectivity index (χ1n) is 19.1. The van der Waals surface area contributed by atoms with E-state index in [4.69, 9.17) is 4.42 Å². The van der Waals surface area contributed by atoms with Crippen molar-refractivity contribution in [3.63, 3.8) is 0 Å². The number of benzene rings is 9. The molecule has 0 unspecified atom stereocenters. The minimum atomic E-state index is -0.204. The SMILES string of the molecule is CC1(C)c2cc(-c3c4ccccc4c(-c4ccc5oc6ccccc6c5c4)c4ccccc34)ccc2-c2ccc(N(c3ccccc3)c3ccccc3)cc21. The fraction of sp³-hybridized carbons (Fsp3) is 0.0566. The van der Waals surface area contributed by atoms with Crippen molar-refractivity contribution in [1.82, 2.24) is 0 Å². The Kier molecular flexibility index (Phi) is 6.93. The first-order chi connectivity index (χ1) is 27.0. The third-order valence-corrected chi connectivity index (χ3v) is 11.8. The highest BCUT2D eigenvalue weighted by molar-refractivity contribution is 6.22. The average Bonchev–Trinajstić information content (AvgIpc) is 3.71. The fourth-order valence-corrected chi connectivity index (χ4v) is 9.25. The number of nitrogens with zero attached hydrogens (tertiary/aromatic N) is 1. The summed E-state index contributed by atoms with van der Waals surface area (Å²) in [4.78, 5) is 2.36. The molecule has 10 aromatic rings. The third-order valence-electron chi connectivity index (χ3n) is 11.8. The summed E-state index contributed by atoms with van der Waals surface area (Å²) < 4.78 is 6.23. The molecule has 2 heteroatoms. The molecule has 11 rings (SSSR count). The monoisotopic (exact) mass is 703 g/mol. The van der Waals surface area contributed by atoms with E-state index in [1.807, 2.05) is 12.1 Å². The van der Waals surface area contributed by atoms with Gasteiger partial charge < -0.3 is 9.32 Å². The Labute approximate surface area is 320 Å². The van der Waals surface area contributed by atoms with Crippen LogP contribution >= 0.6 is 0 Å². The van der Waals surface area contributed by atoms with Crippen LogP contribution in [0.2, 0.25) is 0 Å². The standard InChI is InChI=1S/C53H37NO/c1-53(2)47-32-35(25-28-39(47)40-29-27-38(33-48(40)53)54(36-15-5-3-6-16-36)37-17-7-4-8-18-37)52-44-22-11-9-20-42(44)51(43-21-10-12-23-45(43)52)34-26-30-50-46(31-34)41-19-13-14-24-49(41)55-50/h3-33H,1-2H3. The lowest BCUT2D eigenvalue weighted by Crippen LogP contribution is -2.16. The lowest BCUT2D eigenvalue weighted by Gasteiger charge is -2.28. The fourth-order valence-electron chi connectivity index (χ4n) is 9.25. The van der Waals surface area contributed by atoms with E-state index in [1.165, 1.54) is 66.1 Å². The van der Waals surface area contributed by atoms with Crippen molar-refractivity contribution < 1.29 is 4.42 Å². The highest BCUT2D eigenvalue weighted by atomic mass is 16.3. The van der Waals surface area contributed by atoms with Crippen LogP contribution in [0.25, 0.3) is 76.9 Å². The van der Waals surface area contributed by atoms with Gasteiger partial charge in [-0.25, -0.2) is 0 Å². The zero-order valence-corrected chi connectivity index (χ0v) is 30.8. The molecular formula is C53H37NO. The van der Waals surface area contributed by atoms with Crippen LogP contribution in [0.15, 0.2) is 192 Å². The third kappa shape index (κ3) is 4.81. The van der Waals surface area contributed by atoms with Crippen LogP contribution in [-0.2, 0) is 5.41 Å². The number of para-hydroxylation sites is 3. The van der Waals surface area contributed by atoms with Crippen LogP contribution in [0.1, 0.15) is 25.0 Å². The normalized spacial score (nSPS) is 13.1. The van der Waals surface area contributed by atoms with Crippen molar-refractivity contribution >= 4 is 60.5 Å². The Hall–Kier alpha value is -6.90. The van der Waals surface area contributed by atoms with Crippen LogP contribution in [0.4, 0.5) is 17.1 Å². The van der Waals surface area contributed by atoms with Crippen molar-refractivity contribution in [2.75, 3.05) is 4.90 Å². The van der Waals surface area contributed by atoms with Crippen molar-refractivity contribution in [3.05, 3.63) is 199 Å². The van der Waals surface area contributed by atoms with Gasteiger partial charge >= 0.3 is 0 Å². The smallest absolute Gasteiger partial charge is 0.135 e. The second-order valence-electron chi connectivity index (χ2n) is 15.3. The van der Waals surface area contributed by atoms with Gasteiger partial charge in [0.1, 0.15) is 11.2 Å². The van der Waals surface area contributed by atoms with E-state index in [0.29, 0.717) is 0 Å². The quantitative estimate of drug-likeness (QED) is 0.166. The number of hydrogen-bond acceptors (Lipinski definition) is 2. The summed E-state index contributed by atoms with van der Waals surface area (Å²) >= 11 is 0. The first-order valence-corrected chi connectivity index (χ1v) is 19.1. The maximum Gasteiger partial charge on any atom is 0.135 e. The zero-order chi connectivity index (χ0) is 36.7. The second kappa shape index (κ2) is 12.1. The molecule has 0 fully saturated rings. The van der Waals surface area contributed by atoms with Crippen LogP contribution in [0, 0.1) is 0 Å². The summed E-state index contributed by atoms with van der Waals surface area (Å²) in [6.45, 7) is 4.77. The number of hydrogen-bond donors (Lipinski definition) is 0. The maximum absolute atomic E-state index is 6.23. The molecule has 1 aliphatic carbocycles. The summed E-state index contributed by atoms with van der Waals surface area (Å²) in [5.74, 6) is 0. The lowest BCUT2D eigenvalue weighted by molar-refractivity contribution is 0.660. The number of fused-ring (bicyclic) bond motifs is 8. The Morgan fingerprint density at radius 2 is 0.818 bits per heavy atom. The van der Waals surface area contributed by atoms with E-state index in [1.54, 1.807) is 0 Å². The molecule has 2 nitrogen and oxygen atoms in total. The molecule has 0 amide bonds. The Morgan fingerprint density at radius 1 is 0.364 bits per heavy atom. The van der Waals surface area contributed by atoms with Gasteiger partial charge in [0.15, 0.2) is 0 Å². The molecule has 0 spiro atoms. The van der Waals surface area contributed by atoms with Crippen LogP contribution in [0.5, 0.6) is 0 Å². The molecule has 0 saturated heterocycles. The number of anilines is 3. The van der Waals surface area contributed by atoms with Crippen molar-refractivity contribution in [2.24, 2.45) is 0 Å². The predicted octanol–water partition coefficient (Wildman–Crippen LogP) is 15.0. The molecule has 0 aliphatic heterocycles. The van der Waals surface area contributed by atoms with Gasteiger partial charge in [0.25, 0.3) is 0 Å². The van der Waals surface area contributed by atoms with Crippen molar-refractivity contribution in [2.45, 2.75) is 19.3 Å². The lowest BCUT2D eigenvalue weighted by atomic mass is 9.80. The summed E-state index contributed by atoms with van der Waals surface area (Å²) in [6, 6.07) is 68.4. The van der Waals surface area contributed by atoms with E-state index in [0.717, 1.165) is 39.0 Å². The van der Waals surface area contributed by atoms with E-state index in [-0.39, 0.29) is 5.41 Å². The minimum absolute atomic E-state index is 0.204. The Morgan fingerprint density at radius 3 is 1.42 bits per heavy atom. The number of furan rings is 1. The zero-order valence-electron chi connectivity index (χ0n) is 30.8. The molecule has 1 heterocycles. The molecule has 260 valence electrons. The molecule has 0 N–H and O–H groups in total. The van der Waals surface area contributed by atoms with E-state index >= 15 is 0 Å². The molecule has 1 aromatic heterocycles. The molecule has 0 saturated carbocycles. The highest BCUT2D eigenvalue weighted by Gasteiger charge is 2.36. The van der Waals surface area contributed by atoms with Crippen molar-refractivity contribution in [1.29, 1.82) is 0 Å². The van der Waals surface area contributed by atoms with Gasteiger partial charge in [-0.15, -0.1) is 0 Å². The van der Waals surface area contributed by atoms with E-state index in [2.05, 4.69) is 195 Å². The molecule has 1 aliphatic rings. The predicted molar refractivity (Wildman–Crippen MR) is 232 cm³/mol. The highest BCUT2D eigenvalue weighted by Crippen LogP contribution is 2.53. The Bertz CT molecular complexity index is 3020. The summed E-state index contributed by atoms with van der Waals surface area (Å²) in [5, 5.41) is 7.29. The van der Waals surface area contributed by atoms with Crippen LogP contribution < -0.4 is 4.90 Å². The van der Waals surface area contributed by atoms with Crippen LogP contribution in [0.3, 0.4) is 0 Å². The average molecular weight is 704 g/mol. The van der Waals surface area contributed by atoms with E-state index in [9.17, 15) is 0 Å². The maximum atomic E-state index is 6.23. The van der Waals surface area contributed by atoms with Gasteiger partial charge in [-0.1, -0.05) is 141 Å². The van der Waals surface area contributed by atoms with E-state index < -0.39 is 0 Å². The van der Waals surface area contributed by atoms with Gasteiger partial charge in [0.2, 0.25) is 0 Å². The summed E-state index contributed by atoms with van der Waals surface area (Å²) in [5.41, 5.74) is 15.4. The Balaban J connectivity index is 1.08. The minimum Gasteiger partial charge on any atom is -0.456 e. The molecular weight excluding hydrogens is 667 g/mol. The molecule has 0 radical (unpaired) electrons. The first kappa shape index (κ1) is 31.6. The summed E-state index contributed by atoms with van der Waals surface area (Å²) in [6.07, 6.45) is 0. The molecule has 55 heavy (non-hydrogen) atoms. The summed E-state index contributed by atoms with van der Waals surface area (Å²) in [7, 11) is 0. The van der Waals surface area contributed by atoms with Gasteiger partial charge in [0.05, 0.1) is 0 Å². The largest absolute Gasteiger partial charge is 0.456 e. The van der Waals surface area contributed by atoms with Gasteiger partial charge in [0, 0.05) is 33.2 Å². The topological polar surface area (TPSA) is 16.4 Å². The number of rotatable bonds is 5. The van der Waals surface area contributed by atoms with Crippen LogP contribution in [-0.4, -0.2) is 0 Å². The molecule has 9 aromatic carbocycles. The second-order valence-corrected chi connectivity index (χ2v) is 15.3. The van der Waals surface area contributed by atoms with Gasteiger partial charge in [-0.05, 0) is 127 Å². The van der Waals surface area contributed by atoms with Gasteiger partial charge in [-0.3, -0.25) is 0 Å².